The van der Waals surface area contributed by atoms with Crippen LogP contribution >= 0.6 is 0 Å². The second-order valence-electron chi connectivity index (χ2n) is 36.2. The van der Waals surface area contributed by atoms with E-state index < -0.39 is 0 Å². The van der Waals surface area contributed by atoms with E-state index in [-0.39, 0.29) is 0 Å². The lowest BCUT2D eigenvalue weighted by atomic mass is 9.86. The van der Waals surface area contributed by atoms with E-state index in [2.05, 4.69) is 508 Å². The zero-order valence-electron chi connectivity index (χ0n) is 75.0. The lowest BCUT2D eigenvalue weighted by molar-refractivity contribution is 1.28. The molecule has 0 amide bonds. The van der Waals surface area contributed by atoms with Gasteiger partial charge in [-0.15, -0.1) is 0 Å². The van der Waals surface area contributed by atoms with Crippen molar-refractivity contribution in [1.29, 1.82) is 0 Å². The van der Waals surface area contributed by atoms with Crippen molar-refractivity contribution >= 4 is 196 Å². The molecule has 0 radical (unpaired) electrons. The number of fused-ring (bicyclic) bond motifs is 11. The Bertz CT molecular complexity index is 9190. The van der Waals surface area contributed by atoms with E-state index in [4.69, 9.17) is 5.73 Å². The number of nitrogens with zero attached hydrogens (tertiary/aromatic N) is 1. The molecule has 0 saturated heterocycles. The van der Waals surface area contributed by atoms with Crippen LogP contribution in [0.15, 0.2) is 510 Å². The van der Waals surface area contributed by atoms with E-state index in [1.807, 2.05) is 12.1 Å². The van der Waals surface area contributed by atoms with Gasteiger partial charge in [-0.1, -0.05) is 419 Å². The summed E-state index contributed by atoms with van der Waals surface area (Å²) in [6, 6.07) is 186. The number of benzene rings is 28. The number of nitrogen functional groups attached to an aromatic ring is 1. The van der Waals surface area contributed by atoms with Crippen LogP contribution in [0.3, 0.4) is 0 Å². The molecule has 3 nitrogen and oxygen atoms in total. The summed E-state index contributed by atoms with van der Waals surface area (Å²) in [7, 11) is 0. The van der Waals surface area contributed by atoms with Crippen LogP contribution in [0.5, 0.6) is 0 Å². The molecule has 0 aliphatic rings. The monoisotopic (exact) mass is 1740 g/mol. The first-order chi connectivity index (χ1) is 67.9. The second-order valence-corrected chi connectivity index (χ2v) is 36.2. The summed E-state index contributed by atoms with van der Waals surface area (Å²) in [5.74, 6) is 0. The molecule has 638 valence electrons. The SMILES string of the molecule is Nc1ccc(-c2ccc3c4cccc5cccc(c6cccc2c63)c54)cc1.c1ccc(-c2c3ccccc3c(-c3ccc(N(c4ccc(-c5cc6ccccc6c6ccccc56)cc4)c4ccc(-c5ccc6ccc7cccc8ccc5c6c78)cc4)cc3)c3ccccc23)cc1.c1ccc2c(-c3ccc(Nc4ccc(-c5c6ccccc6cc6ccccc56)cc4)cc3)c3ccccc3cc2c1. The third-order valence-electron chi connectivity index (χ3n) is 28.5. The van der Waals surface area contributed by atoms with Crippen LogP contribution in [0.1, 0.15) is 0 Å². The highest BCUT2D eigenvalue weighted by Crippen LogP contribution is 2.50. The van der Waals surface area contributed by atoms with Crippen molar-refractivity contribution in [3.05, 3.63) is 510 Å². The minimum atomic E-state index is 0.794. The number of hydrogen-bond acceptors (Lipinski definition) is 3. The average molecular weight is 1740 g/mol. The summed E-state index contributed by atoms with van der Waals surface area (Å²) in [6.45, 7) is 0. The first-order valence-electron chi connectivity index (χ1n) is 47.3. The van der Waals surface area contributed by atoms with Crippen molar-refractivity contribution in [2.45, 2.75) is 0 Å². The molecule has 28 rings (SSSR count). The van der Waals surface area contributed by atoms with Gasteiger partial charge in [0.15, 0.2) is 0 Å². The van der Waals surface area contributed by atoms with Gasteiger partial charge in [0.25, 0.3) is 0 Å². The zero-order chi connectivity index (χ0) is 90.5. The average Bonchev–Trinajstić information content (AvgIpc) is 0.741. The molecule has 0 aromatic heterocycles. The van der Waals surface area contributed by atoms with Gasteiger partial charge in [0, 0.05) is 34.1 Å². The normalized spacial score (nSPS) is 11.7. The molecule has 3 heteroatoms. The van der Waals surface area contributed by atoms with Crippen LogP contribution in [0.25, 0.3) is 239 Å². The third kappa shape index (κ3) is 13.9. The first-order valence-corrected chi connectivity index (χ1v) is 47.3. The molecule has 0 saturated carbocycles. The minimum absolute atomic E-state index is 0.794. The molecule has 0 atom stereocenters. The van der Waals surface area contributed by atoms with Gasteiger partial charge in [-0.25, -0.2) is 0 Å². The standard InChI is InChI=1S/C68H43N.C40H27N.C26H17N/c1-2-13-46(14-3-1)66-59-21-8-10-23-61(59)67(62-24-11-9-22-60(62)66)49-31-39-54(40-32-49)69(53-37-29-45(30-38-53)64-43-51-15-4-5-18-55(51)57-19-6-7-20-58(57)64)52-35-27-44(28-36-52)56-41-33-50-26-25-47-16-12-17-48-34-42-63(56)68(50)65(47)48;1-5-13-35-29(9-1)25-30-10-2-6-14-36(30)39(35)27-17-21-33(22-18-27)41-34-23-19-28(20-24-34)40-37-15-7-3-11-31(37)26-32-12-4-8-16-38(32)40;27-18-12-10-16(11-13-18)19-14-15-24-22-7-2-5-17-4-1-6-21(25(17)22)23-9-3-8-20(19)26(23)24/h1-43H;1-26,41H;1-15H,27H2. The number of hydrogen-bond donors (Lipinski definition) is 2. The van der Waals surface area contributed by atoms with Crippen LogP contribution in [0.4, 0.5) is 34.1 Å². The van der Waals surface area contributed by atoms with Crippen molar-refractivity contribution in [2.75, 3.05) is 16.0 Å². The summed E-state index contributed by atoms with van der Waals surface area (Å²) in [5, 5.41) is 42.3. The minimum Gasteiger partial charge on any atom is -0.399 e. The summed E-state index contributed by atoms with van der Waals surface area (Å²) in [4.78, 5) is 2.40. The molecular formula is C134H87N3. The Kier molecular flexibility index (Phi) is 19.5. The largest absolute Gasteiger partial charge is 0.399 e. The summed E-state index contributed by atoms with van der Waals surface area (Å²) in [6.07, 6.45) is 0. The van der Waals surface area contributed by atoms with Gasteiger partial charge in [0.1, 0.15) is 0 Å². The zero-order valence-corrected chi connectivity index (χ0v) is 75.0. The van der Waals surface area contributed by atoms with E-state index in [0.29, 0.717) is 0 Å². The van der Waals surface area contributed by atoms with Gasteiger partial charge in [-0.05, 0) is 330 Å². The van der Waals surface area contributed by atoms with E-state index in [0.717, 1.165) is 34.1 Å². The van der Waals surface area contributed by atoms with Crippen LogP contribution in [-0.4, -0.2) is 0 Å². The number of rotatable bonds is 12. The Hall–Kier alpha value is -18.0. The van der Waals surface area contributed by atoms with Crippen molar-refractivity contribution < 1.29 is 0 Å². The highest BCUT2D eigenvalue weighted by Gasteiger charge is 2.23. The molecule has 0 aliphatic carbocycles. The smallest absolute Gasteiger partial charge is 0.0462 e. The number of nitrogens with one attached hydrogen (secondary N) is 1. The Balaban J connectivity index is 0.000000120. The summed E-state index contributed by atoms with van der Waals surface area (Å²) >= 11 is 0. The lowest BCUT2D eigenvalue weighted by Gasteiger charge is -2.26. The molecule has 0 aliphatic heterocycles. The molecule has 28 aromatic rings. The Morgan fingerprint density at radius 1 is 0.146 bits per heavy atom. The van der Waals surface area contributed by atoms with E-state index >= 15 is 0 Å². The molecule has 0 heterocycles. The molecular weight excluding hydrogens is 1650 g/mol. The highest BCUT2D eigenvalue weighted by atomic mass is 15.1. The van der Waals surface area contributed by atoms with Crippen molar-refractivity contribution in [1.82, 2.24) is 0 Å². The number of anilines is 6. The Morgan fingerprint density at radius 3 is 0.898 bits per heavy atom. The third-order valence-corrected chi connectivity index (χ3v) is 28.5. The van der Waals surface area contributed by atoms with Crippen LogP contribution < -0.4 is 16.0 Å². The van der Waals surface area contributed by atoms with Gasteiger partial charge in [-0.2, -0.15) is 0 Å². The Morgan fingerprint density at radius 2 is 0.423 bits per heavy atom. The lowest BCUT2D eigenvalue weighted by Crippen LogP contribution is -2.09. The molecule has 0 unspecified atom stereocenters. The van der Waals surface area contributed by atoms with Crippen LogP contribution in [-0.2, 0) is 0 Å². The van der Waals surface area contributed by atoms with Crippen molar-refractivity contribution in [3.63, 3.8) is 0 Å². The molecule has 0 bridgehead atoms. The predicted molar refractivity (Wildman–Crippen MR) is 591 cm³/mol. The van der Waals surface area contributed by atoms with Crippen molar-refractivity contribution in [3.8, 4) is 77.9 Å². The Labute approximate surface area is 793 Å². The van der Waals surface area contributed by atoms with Gasteiger partial charge in [0.2, 0.25) is 0 Å². The molecule has 0 fully saturated rings. The molecule has 137 heavy (non-hydrogen) atoms. The quantitative estimate of drug-likeness (QED) is 0.0728. The summed E-state index contributed by atoms with van der Waals surface area (Å²) in [5.41, 5.74) is 29.4. The van der Waals surface area contributed by atoms with E-state index in [9.17, 15) is 0 Å². The van der Waals surface area contributed by atoms with Gasteiger partial charge in [0.05, 0.1) is 0 Å². The fourth-order valence-electron chi connectivity index (χ4n) is 22.3. The molecule has 0 spiro atoms. The van der Waals surface area contributed by atoms with Crippen LogP contribution in [0, 0.1) is 0 Å². The maximum absolute atomic E-state index is 5.89. The van der Waals surface area contributed by atoms with Gasteiger partial charge >= 0.3 is 0 Å². The van der Waals surface area contributed by atoms with Gasteiger partial charge in [-0.3, -0.25) is 0 Å². The van der Waals surface area contributed by atoms with E-state index in [1.165, 1.54) is 239 Å². The molecule has 3 N–H and O–H groups in total. The van der Waals surface area contributed by atoms with Gasteiger partial charge < -0.3 is 16.0 Å². The predicted octanol–water partition coefficient (Wildman–Crippen LogP) is 37.7. The highest BCUT2D eigenvalue weighted by molar-refractivity contribution is 6.35. The topological polar surface area (TPSA) is 41.3 Å². The maximum atomic E-state index is 5.89. The number of nitrogens with two attached hydrogens (primary N) is 1. The maximum Gasteiger partial charge on any atom is 0.0462 e. The fourth-order valence-corrected chi connectivity index (χ4v) is 22.3. The van der Waals surface area contributed by atoms with Crippen molar-refractivity contribution in [2.24, 2.45) is 0 Å². The second kappa shape index (κ2) is 33.4. The molecule has 28 aromatic carbocycles. The van der Waals surface area contributed by atoms with E-state index in [1.54, 1.807) is 0 Å². The fraction of sp³-hybridized carbons (Fsp3) is 0. The van der Waals surface area contributed by atoms with Crippen LogP contribution in [0.2, 0.25) is 0 Å². The first kappa shape index (κ1) is 79.9. The summed E-state index contributed by atoms with van der Waals surface area (Å²) < 4.78 is 0.